The summed E-state index contributed by atoms with van der Waals surface area (Å²) in [4.78, 5) is 9.53. The molecule has 0 radical (unpaired) electrons. The van der Waals surface area contributed by atoms with Gasteiger partial charge in [-0.25, -0.2) is 21.8 Å². The lowest BCUT2D eigenvalue weighted by molar-refractivity contribution is 0.0833. The summed E-state index contributed by atoms with van der Waals surface area (Å²) in [5.74, 6) is 0.606. The Kier molecular flexibility index (Phi) is 4.53. The Hall–Kier alpha value is -1.36. The number of allylic oxidation sites excluding steroid dienone is 2. The van der Waals surface area contributed by atoms with Crippen LogP contribution in [0.4, 0.5) is 0 Å². The van der Waals surface area contributed by atoms with Crippen molar-refractivity contribution in [1.82, 2.24) is 18.8 Å². The van der Waals surface area contributed by atoms with Crippen molar-refractivity contribution >= 4 is 33.8 Å². The summed E-state index contributed by atoms with van der Waals surface area (Å²) >= 11 is 1.20. The van der Waals surface area contributed by atoms with Crippen LogP contribution in [0.1, 0.15) is 19.3 Å². The summed E-state index contributed by atoms with van der Waals surface area (Å²) in [6, 6.07) is 0.595. The molecule has 2 fully saturated rings. The van der Waals surface area contributed by atoms with Crippen LogP contribution in [0.2, 0.25) is 0 Å². The van der Waals surface area contributed by atoms with E-state index in [1.165, 1.54) is 35.7 Å². The van der Waals surface area contributed by atoms with Gasteiger partial charge in [-0.15, -0.1) is 0 Å². The molecule has 1 unspecified atom stereocenters. The van der Waals surface area contributed by atoms with Crippen LogP contribution in [0.25, 0.3) is 0 Å². The van der Waals surface area contributed by atoms with E-state index in [1.54, 1.807) is 12.2 Å². The van der Waals surface area contributed by atoms with Crippen LogP contribution >= 0.6 is 12.1 Å². The van der Waals surface area contributed by atoms with Gasteiger partial charge in [0.1, 0.15) is 4.91 Å². The van der Waals surface area contributed by atoms with Crippen molar-refractivity contribution in [1.29, 1.82) is 0 Å². The van der Waals surface area contributed by atoms with E-state index in [0.29, 0.717) is 24.8 Å². The monoisotopic (exact) mass is 408 g/mol. The molecule has 1 saturated carbocycles. The van der Waals surface area contributed by atoms with Gasteiger partial charge in [0.25, 0.3) is 10.0 Å². The molecule has 0 bridgehead atoms. The second-order valence-electron chi connectivity index (χ2n) is 7.45. The van der Waals surface area contributed by atoms with E-state index in [9.17, 15) is 8.42 Å². The number of rotatable bonds is 3. The summed E-state index contributed by atoms with van der Waals surface area (Å²) in [5, 5.41) is 0. The highest BCUT2D eigenvalue weighted by Gasteiger charge is 2.41. The average Bonchev–Trinajstić information content (AvgIpc) is 3.30. The van der Waals surface area contributed by atoms with Crippen LogP contribution in [0.15, 0.2) is 32.5 Å². The number of piperazine rings is 1. The molecule has 0 aromatic rings. The first-order valence-electron chi connectivity index (χ1n) is 9.59. The zero-order chi connectivity index (χ0) is 18.4. The molecule has 5 rings (SSSR count). The Morgan fingerprint density at radius 2 is 1.96 bits per heavy atom. The molecule has 8 nitrogen and oxygen atoms in total. The van der Waals surface area contributed by atoms with Gasteiger partial charge in [0.15, 0.2) is 0 Å². The van der Waals surface area contributed by atoms with E-state index in [1.807, 2.05) is 6.08 Å². The van der Waals surface area contributed by atoms with Gasteiger partial charge in [-0.1, -0.05) is 18.6 Å². The summed E-state index contributed by atoms with van der Waals surface area (Å²) in [5.41, 5.74) is 0.587. The molecule has 146 valence electrons. The number of guanidine groups is 1. The molecule has 2 aliphatic carbocycles. The molecule has 0 aromatic heterocycles. The third-order valence-electron chi connectivity index (χ3n) is 5.96. The number of fused-ring (bicyclic) bond motifs is 1. The first-order valence-corrected chi connectivity index (χ1v) is 11.8. The summed E-state index contributed by atoms with van der Waals surface area (Å²) in [7, 11) is -3.66. The van der Waals surface area contributed by atoms with E-state index in [4.69, 9.17) is 0 Å². The number of hydrogen-bond acceptors (Lipinski definition) is 8. The van der Waals surface area contributed by atoms with Gasteiger partial charge in [-0.3, -0.25) is 9.89 Å². The van der Waals surface area contributed by atoms with E-state index >= 15 is 0 Å². The lowest BCUT2D eigenvalue weighted by atomic mass is 9.91. The molecular formula is C17H24N6O2S2. The van der Waals surface area contributed by atoms with Gasteiger partial charge in [0.05, 0.1) is 37.0 Å². The topological polar surface area (TPSA) is 80.6 Å². The molecule has 1 saturated heterocycles. The second-order valence-corrected chi connectivity index (χ2v) is 9.88. The molecule has 1 N–H and O–H groups in total. The van der Waals surface area contributed by atoms with Gasteiger partial charge < -0.3 is 4.90 Å². The molecule has 0 spiro atoms. The van der Waals surface area contributed by atoms with Crippen LogP contribution in [0.5, 0.6) is 0 Å². The van der Waals surface area contributed by atoms with E-state index in [0.717, 1.165) is 32.2 Å². The second kappa shape index (κ2) is 6.91. The summed E-state index contributed by atoms with van der Waals surface area (Å²) < 4.78 is 35.7. The van der Waals surface area contributed by atoms with Crippen molar-refractivity contribution in [2.75, 3.05) is 39.3 Å². The highest BCUT2D eigenvalue weighted by molar-refractivity contribution is 7.97. The van der Waals surface area contributed by atoms with E-state index in [-0.39, 0.29) is 10.9 Å². The van der Waals surface area contributed by atoms with Crippen molar-refractivity contribution in [2.24, 2.45) is 9.39 Å². The minimum Gasteiger partial charge on any atom is -0.339 e. The van der Waals surface area contributed by atoms with Crippen molar-refractivity contribution in [3.05, 3.63) is 23.1 Å². The number of nitrogens with one attached hydrogen (secondary N) is 1. The smallest absolute Gasteiger partial charge is 0.268 e. The van der Waals surface area contributed by atoms with Crippen LogP contribution in [-0.4, -0.2) is 85.5 Å². The van der Waals surface area contributed by atoms with Crippen LogP contribution in [0, 0.1) is 0 Å². The van der Waals surface area contributed by atoms with Crippen molar-refractivity contribution in [3.8, 4) is 0 Å². The van der Waals surface area contributed by atoms with Crippen molar-refractivity contribution < 1.29 is 8.42 Å². The molecule has 27 heavy (non-hydrogen) atoms. The minimum atomic E-state index is -3.66. The largest absolute Gasteiger partial charge is 0.339 e. The first-order chi connectivity index (χ1) is 13.1. The number of aliphatic imine (C=N–C) groups is 1. The molecule has 10 heteroatoms. The maximum absolute atomic E-state index is 13.4. The van der Waals surface area contributed by atoms with Gasteiger partial charge in [-0.2, -0.15) is 0 Å². The fraction of sp³-hybridized carbons (Fsp3) is 0.647. The molecule has 5 aliphatic rings. The Morgan fingerprint density at radius 3 is 2.70 bits per heavy atom. The fourth-order valence-corrected chi connectivity index (χ4v) is 6.55. The maximum Gasteiger partial charge on any atom is 0.268 e. The quantitative estimate of drug-likeness (QED) is 0.689. The normalized spacial score (nSPS) is 29.3. The summed E-state index contributed by atoms with van der Waals surface area (Å²) in [6.45, 7) is 4.56. The average molecular weight is 409 g/mol. The SMILES string of the molecule is O=S(=O)(C1=CC=CC2NSN=C12)N1CCN=C1N1CCN(C2CCC2)CC1. The Labute approximate surface area is 164 Å². The zero-order valence-electron chi connectivity index (χ0n) is 15.1. The van der Waals surface area contributed by atoms with E-state index in [2.05, 4.69) is 23.9 Å². The number of sulfonamides is 1. The lowest BCUT2D eigenvalue weighted by Gasteiger charge is -2.44. The number of hydrogen-bond donors (Lipinski definition) is 1. The minimum absolute atomic E-state index is 0.140. The first kappa shape index (κ1) is 17.7. The van der Waals surface area contributed by atoms with Crippen molar-refractivity contribution in [3.63, 3.8) is 0 Å². The molecule has 3 heterocycles. The van der Waals surface area contributed by atoms with Crippen LogP contribution in [-0.2, 0) is 10.0 Å². The Morgan fingerprint density at radius 1 is 1.15 bits per heavy atom. The zero-order valence-corrected chi connectivity index (χ0v) is 16.8. The summed E-state index contributed by atoms with van der Waals surface area (Å²) in [6.07, 6.45) is 9.32. The van der Waals surface area contributed by atoms with Gasteiger partial charge in [0.2, 0.25) is 5.96 Å². The van der Waals surface area contributed by atoms with Gasteiger partial charge in [-0.05, 0) is 18.9 Å². The predicted molar refractivity (Wildman–Crippen MR) is 108 cm³/mol. The fourth-order valence-electron chi connectivity index (χ4n) is 4.19. The number of nitrogens with zero attached hydrogens (tertiary/aromatic N) is 5. The van der Waals surface area contributed by atoms with Gasteiger partial charge in [0, 0.05) is 32.2 Å². The van der Waals surface area contributed by atoms with Gasteiger partial charge >= 0.3 is 0 Å². The lowest BCUT2D eigenvalue weighted by Crippen LogP contribution is -2.56. The molecule has 0 amide bonds. The highest BCUT2D eigenvalue weighted by Crippen LogP contribution is 2.29. The third kappa shape index (κ3) is 3.02. The van der Waals surface area contributed by atoms with E-state index < -0.39 is 10.0 Å². The maximum atomic E-state index is 13.4. The third-order valence-corrected chi connectivity index (χ3v) is 8.43. The highest BCUT2D eigenvalue weighted by atomic mass is 32.2. The Balaban J connectivity index is 1.33. The molecule has 1 atom stereocenters. The predicted octanol–water partition coefficient (Wildman–Crippen LogP) is 0.588. The standard InChI is InChI=1S/C17H24N6O2S2/c24-27(25,15-6-2-5-14-16(15)20-26-19-14)23-8-7-18-17(23)22-11-9-21(10-12-22)13-3-1-4-13/h2,5-6,13-14,19H,1,3-4,7-12H2. The Bertz CT molecular complexity index is 837. The van der Waals surface area contributed by atoms with Crippen molar-refractivity contribution in [2.45, 2.75) is 31.3 Å². The van der Waals surface area contributed by atoms with Crippen LogP contribution in [0.3, 0.4) is 0 Å². The van der Waals surface area contributed by atoms with Crippen LogP contribution < -0.4 is 4.72 Å². The molecular weight excluding hydrogens is 384 g/mol. The molecule has 0 aromatic carbocycles. The molecule has 3 aliphatic heterocycles.